The number of aliphatic hydroxyl groups excluding tert-OH is 1. The number of azide groups is 1. The van der Waals surface area contributed by atoms with Gasteiger partial charge in [0.25, 0.3) is 0 Å². The zero-order valence-electron chi connectivity index (χ0n) is 36.7. The monoisotopic (exact) mass is 868 g/mol. The number of carbonyl (C=O) groups is 3. The van der Waals surface area contributed by atoms with Crippen LogP contribution in [0.1, 0.15) is 58.4 Å². The molecule has 0 bridgehead atoms. The van der Waals surface area contributed by atoms with Gasteiger partial charge in [0.2, 0.25) is 17.7 Å². The molecule has 348 valence electrons. The van der Waals surface area contributed by atoms with Crippen LogP contribution in [0.4, 0.5) is 5.69 Å². The second kappa shape index (κ2) is 36.1. The van der Waals surface area contributed by atoms with Gasteiger partial charge in [0.15, 0.2) is 0 Å². The van der Waals surface area contributed by atoms with Crippen LogP contribution in [0.15, 0.2) is 29.4 Å². The van der Waals surface area contributed by atoms with Gasteiger partial charge in [-0.3, -0.25) is 14.4 Å². The first-order chi connectivity index (χ1) is 29.7. The van der Waals surface area contributed by atoms with Crippen molar-refractivity contribution in [3.63, 3.8) is 0 Å². The number of ether oxygens (including phenoxy) is 8. The van der Waals surface area contributed by atoms with Gasteiger partial charge >= 0.3 is 0 Å². The number of amides is 3. The summed E-state index contributed by atoms with van der Waals surface area (Å²) in [6.07, 6.45) is 4.24. The molecule has 1 fully saturated rings. The number of aliphatic hydroxyl groups is 1. The quantitative estimate of drug-likeness (QED) is 0.0324. The molecule has 2 rings (SSSR count). The van der Waals surface area contributed by atoms with Gasteiger partial charge in [-0.2, -0.15) is 0 Å². The molecule has 0 radical (unpaired) electrons. The third-order valence-corrected chi connectivity index (χ3v) is 9.70. The lowest BCUT2D eigenvalue weighted by Crippen LogP contribution is -2.53. The Bertz CT molecular complexity index is 1330. The van der Waals surface area contributed by atoms with Crippen LogP contribution in [0.25, 0.3) is 10.4 Å². The summed E-state index contributed by atoms with van der Waals surface area (Å²) < 4.78 is 43.9. The maximum Gasteiger partial charge on any atom is 0.246 e. The first-order valence-corrected chi connectivity index (χ1v) is 21.7. The van der Waals surface area contributed by atoms with E-state index in [2.05, 4.69) is 30.9 Å². The van der Waals surface area contributed by atoms with E-state index in [0.29, 0.717) is 130 Å². The highest BCUT2D eigenvalue weighted by molar-refractivity contribution is 5.98. The first-order valence-electron chi connectivity index (χ1n) is 21.7. The molecule has 1 saturated heterocycles. The Morgan fingerprint density at radius 2 is 1.20 bits per heavy atom. The molecule has 0 aliphatic carbocycles. The van der Waals surface area contributed by atoms with Crippen LogP contribution in [0.5, 0.6) is 0 Å². The molecule has 4 N–H and O–H groups in total. The van der Waals surface area contributed by atoms with Crippen molar-refractivity contribution < 1.29 is 57.4 Å². The van der Waals surface area contributed by atoms with E-state index in [1.54, 1.807) is 31.2 Å². The van der Waals surface area contributed by atoms with Crippen molar-refractivity contribution in [1.82, 2.24) is 15.5 Å². The van der Waals surface area contributed by atoms with E-state index in [9.17, 15) is 19.5 Å². The molecule has 0 spiro atoms. The van der Waals surface area contributed by atoms with Gasteiger partial charge in [-0.25, -0.2) is 0 Å². The van der Waals surface area contributed by atoms with Crippen LogP contribution in [0.2, 0.25) is 0 Å². The van der Waals surface area contributed by atoms with Crippen LogP contribution >= 0.6 is 0 Å². The van der Waals surface area contributed by atoms with Gasteiger partial charge < -0.3 is 63.9 Å². The second-order valence-corrected chi connectivity index (χ2v) is 14.9. The highest BCUT2D eigenvalue weighted by atomic mass is 16.6. The van der Waals surface area contributed by atoms with Crippen molar-refractivity contribution in [1.29, 1.82) is 0 Å². The van der Waals surface area contributed by atoms with Crippen molar-refractivity contribution >= 4 is 23.4 Å². The third kappa shape index (κ3) is 28.0. The normalized spacial score (nSPS) is 14.4. The zero-order valence-corrected chi connectivity index (χ0v) is 36.7. The lowest BCUT2D eigenvalue weighted by atomic mass is 9.91. The minimum atomic E-state index is -0.804. The van der Waals surface area contributed by atoms with Crippen LogP contribution in [-0.2, 0) is 58.9 Å². The first kappa shape index (κ1) is 53.7. The molecule has 2 atom stereocenters. The van der Waals surface area contributed by atoms with E-state index in [0.717, 1.165) is 50.9 Å². The number of hydrogen-bond donors (Lipinski definition) is 4. The number of hydrogen-bond acceptors (Lipinski definition) is 14. The number of piperidine rings is 1. The fourth-order valence-electron chi connectivity index (χ4n) is 6.13. The van der Waals surface area contributed by atoms with E-state index < -0.39 is 18.0 Å². The van der Waals surface area contributed by atoms with Gasteiger partial charge in [-0.1, -0.05) is 31.1 Å². The third-order valence-electron chi connectivity index (χ3n) is 9.70. The summed E-state index contributed by atoms with van der Waals surface area (Å²) in [4.78, 5) is 43.5. The van der Waals surface area contributed by atoms with Gasteiger partial charge in [0.1, 0.15) is 12.1 Å². The smallest absolute Gasteiger partial charge is 0.246 e. The molecule has 1 aromatic rings. The lowest BCUT2D eigenvalue weighted by molar-refractivity contribution is -0.131. The van der Waals surface area contributed by atoms with Crippen LogP contribution in [-0.4, -0.2) is 172 Å². The molecule has 1 aliphatic rings. The zero-order chi connectivity index (χ0) is 44.2. The summed E-state index contributed by atoms with van der Waals surface area (Å²) in [6, 6.07) is 5.25. The van der Waals surface area contributed by atoms with Crippen LogP contribution in [0.3, 0.4) is 0 Å². The number of nitrogens with zero attached hydrogens (tertiary/aromatic N) is 4. The Balaban J connectivity index is 1.35. The molecule has 3 amide bonds. The summed E-state index contributed by atoms with van der Waals surface area (Å²) in [5, 5.41) is 20.9. The van der Waals surface area contributed by atoms with E-state index in [1.165, 1.54) is 0 Å². The highest BCUT2D eigenvalue weighted by Crippen LogP contribution is 2.22. The number of benzene rings is 1. The number of anilines is 1. The molecule has 0 unspecified atom stereocenters. The van der Waals surface area contributed by atoms with Crippen molar-refractivity contribution in [2.45, 2.75) is 71.6 Å². The van der Waals surface area contributed by atoms with E-state index >= 15 is 0 Å². The maximum absolute atomic E-state index is 13.0. The standard InChI is InChI=1S/C42H73N7O12/c1-34(2)40(42(53)45-35(3)41(52)46-38-9-7-37(33-50)8-10-38)47-39(51)6-4-5-36-11-14-49(15-12-36)16-18-55-20-22-57-24-26-59-28-30-61-32-31-60-29-27-58-25-23-56-21-19-54-17-13-44-48-43/h7-10,34-36,40,50H,4-6,11-33H2,1-3H3,(H,45,53)(H,46,52)(H,47,51)/t35-,40-/m0/s1. The van der Waals surface area contributed by atoms with E-state index in [1.807, 2.05) is 13.8 Å². The van der Waals surface area contributed by atoms with Gasteiger partial charge in [0.05, 0.1) is 112 Å². The molecule has 19 heteroatoms. The highest BCUT2D eigenvalue weighted by Gasteiger charge is 2.27. The number of nitrogens with one attached hydrogen (secondary N) is 3. The van der Waals surface area contributed by atoms with Crippen molar-refractivity contribution in [3.8, 4) is 0 Å². The summed E-state index contributed by atoms with van der Waals surface area (Å²) in [5.41, 5.74) is 9.46. The summed E-state index contributed by atoms with van der Waals surface area (Å²) >= 11 is 0. The Kier molecular flexibility index (Phi) is 31.7. The van der Waals surface area contributed by atoms with Crippen LogP contribution in [0, 0.1) is 11.8 Å². The molecule has 19 nitrogen and oxygen atoms in total. The Morgan fingerprint density at radius 1 is 0.721 bits per heavy atom. The Labute approximate surface area is 361 Å². The van der Waals surface area contributed by atoms with Gasteiger partial charge in [-0.15, -0.1) is 0 Å². The van der Waals surface area contributed by atoms with E-state index in [-0.39, 0.29) is 24.3 Å². The molecule has 1 heterocycles. The lowest BCUT2D eigenvalue weighted by Gasteiger charge is -2.31. The minimum Gasteiger partial charge on any atom is -0.392 e. The molecule has 0 aromatic heterocycles. The maximum atomic E-state index is 13.0. The van der Waals surface area contributed by atoms with Crippen molar-refractivity contribution in [2.24, 2.45) is 17.0 Å². The Hall–Kier alpha value is -3.46. The van der Waals surface area contributed by atoms with Gasteiger partial charge in [-0.05, 0) is 80.8 Å². The fraction of sp³-hybridized carbons (Fsp3) is 0.786. The van der Waals surface area contributed by atoms with Crippen molar-refractivity contribution in [3.05, 3.63) is 40.3 Å². The molecule has 1 aliphatic heterocycles. The summed E-state index contributed by atoms with van der Waals surface area (Å²) in [6.45, 7) is 16.3. The molecule has 61 heavy (non-hydrogen) atoms. The number of rotatable bonds is 38. The number of carbonyl (C=O) groups excluding carboxylic acids is 3. The predicted octanol–water partition coefficient (Wildman–Crippen LogP) is 3.09. The van der Waals surface area contributed by atoms with Crippen LogP contribution < -0.4 is 16.0 Å². The average Bonchev–Trinajstić information content (AvgIpc) is 3.25. The van der Waals surface area contributed by atoms with Crippen molar-refractivity contribution in [2.75, 3.05) is 137 Å². The second-order valence-electron chi connectivity index (χ2n) is 14.9. The topological polar surface area (TPSA) is 233 Å². The summed E-state index contributed by atoms with van der Waals surface area (Å²) in [7, 11) is 0. The molecular weight excluding hydrogens is 794 g/mol. The SMILES string of the molecule is CC(C)[C@H](NC(=O)CCCC1CCN(CCOCCOCCOCCOCCOCCOCCOCCOCCN=[N+]=[N-])CC1)C(=O)N[C@@H](C)C(=O)Nc1ccc(CO)cc1. The molecule has 0 saturated carbocycles. The predicted molar refractivity (Wildman–Crippen MR) is 229 cm³/mol. The summed E-state index contributed by atoms with van der Waals surface area (Å²) in [5.74, 6) is -0.517. The Morgan fingerprint density at radius 3 is 1.66 bits per heavy atom. The number of likely N-dealkylation sites (tertiary alicyclic amines) is 1. The molecular formula is C42H73N7O12. The minimum absolute atomic E-state index is 0.0867. The molecule has 1 aromatic carbocycles. The largest absolute Gasteiger partial charge is 0.392 e. The van der Waals surface area contributed by atoms with E-state index in [4.69, 9.17) is 43.4 Å². The average molecular weight is 868 g/mol. The fourth-order valence-corrected chi connectivity index (χ4v) is 6.13. The van der Waals surface area contributed by atoms with Gasteiger partial charge in [0, 0.05) is 30.1 Å².